The van der Waals surface area contributed by atoms with Crippen molar-refractivity contribution in [1.82, 2.24) is 9.78 Å². The van der Waals surface area contributed by atoms with Gasteiger partial charge in [0.25, 0.3) is 0 Å². The average Bonchev–Trinajstić information content (AvgIpc) is 2.34. The number of nitrogens with zero attached hydrogens (tertiary/aromatic N) is 2. The lowest BCUT2D eigenvalue weighted by Crippen LogP contribution is -2.27. The topological polar surface area (TPSA) is 17.8 Å². The summed E-state index contributed by atoms with van der Waals surface area (Å²) in [5.41, 5.74) is 1.73. The van der Waals surface area contributed by atoms with Gasteiger partial charge in [0.15, 0.2) is 0 Å². The molecule has 0 spiro atoms. The van der Waals surface area contributed by atoms with E-state index < -0.39 is 0 Å². The zero-order valence-electron chi connectivity index (χ0n) is 7.17. The van der Waals surface area contributed by atoms with E-state index in [9.17, 15) is 0 Å². The molecule has 1 aliphatic heterocycles. The van der Waals surface area contributed by atoms with E-state index in [1.807, 2.05) is 6.20 Å². The Morgan fingerprint density at radius 3 is 3.09 bits per heavy atom. The lowest BCUT2D eigenvalue weighted by Gasteiger charge is -2.30. The van der Waals surface area contributed by atoms with Crippen LogP contribution < -0.4 is 0 Å². The molecule has 2 rings (SSSR count). The molecular formula is C9H14N2. The van der Waals surface area contributed by atoms with Crippen LogP contribution in [0.5, 0.6) is 0 Å². The average molecular weight is 150 g/mol. The zero-order chi connectivity index (χ0) is 7.90. The van der Waals surface area contributed by atoms with E-state index in [2.05, 4.69) is 29.7 Å². The van der Waals surface area contributed by atoms with Crippen LogP contribution in [-0.4, -0.2) is 9.78 Å². The molecular weight excluding hydrogens is 136 g/mol. The maximum atomic E-state index is 4.27. The number of hydrogen-bond donors (Lipinski definition) is 0. The van der Waals surface area contributed by atoms with Gasteiger partial charge in [0.1, 0.15) is 0 Å². The second-order valence-electron chi connectivity index (χ2n) is 3.93. The van der Waals surface area contributed by atoms with Gasteiger partial charge >= 0.3 is 0 Å². The molecule has 0 amide bonds. The Kier molecular flexibility index (Phi) is 1.31. The Hall–Kier alpha value is -0.790. The van der Waals surface area contributed by atoms with Gasteiger partial charge in [-0.3, -0.25) is 4.68 Å². The van der Waals surface area contributed by atoms with Crippen LogP contribution in [0.4, 0.5) is 0 Å². The van der Waals surface area contributed by atoms with Crippen molar-refractivity contribution in [3.63, 3.8) is 0 Å². The monoisotopic (exact) mass is 150 g/mol. The molecule has 1 aromatic rings. The van der Waals surface area contributed by atoms with Gasteiger partial charge in [0, 0.05) is 23.9 Å². The van der Waals surface area contributed by atoms with Crippen LogP contribution >= 0.6 is 0 Å². The Labute approximate surface area is 67.2 Å². The smallest absolute Gasteiger partial charge is 0.0492 e. The van der Waals surface area contributed by atoms with Gasteiger partial charge in [0.2, 0.25) is 0 Å². The van der Waals surface area contributed by atoms with Gasteiger partial charge < -0.3 is 0 Å². The molecule has 1 aliphatic rings. The highest BCUT2D eigenvalue weighted by atomic mass is 15.3. The molecule has 0 saturated carbocycles. The standard InChI is InChI=1S/C9H14N2/c1-9(2)5-3-7-11-8(9)4-6-10-11/h4,6H,3,5,7H2,1-2H3. The van der Waals surface area contributed by atoms with Crippen molar-refractivity contribution >= 4 is 0 Å². The summed E-state index contributed by atoms with van der Waals surface area (Å²) in [4.78, 5) is 0. The number of aromatic nitrogens is 2. The van der Waals surface area contributed by atoms with E-state index in [1.54, 1.807) is 0 Å². The van der Waals surface area contributed by atoms with Crippen LogP contribution in [0.1, 0.15) is 32.4 Å². The van der Waals surface area contributed by atoms with E-state index in [1.165, 1.54) is 18.5 Å². The first-order valence-electron chi connectivity index (χ1n) is 4.22. The van der Waals surface area contributed by atoms with Crippen molar-refractivity contribution < 1.29 is 0 Å². The molecule has 0 bridgehead atoms. The van der Waals surface area contributed by atoms with E-state index in [0.29, 0.717) is 5.41 Å². The zero-order valence-corrected chi connectivity index (χ0v) is 7.17. The van der Waals surface area contributed by atoms with Crippen LogP contribution in [0.25, 0.3) is 0 Å². The number of aryl methyl sites for hydroxylation is 1. The normalized spacial score (nSPS) is 21.3. The van der Waals surface area contributed by atoms with Gasteiger partial charge in [-0.25, -0.2) is 0 Å². The van der Waals surface area contributed by atoms with Crippen molar-refractivity contribution in [2.24, 2.45) is 0 Å². The van der Waals surface area contributed by atoms with Crippen molar-refractivity contribution in [3.05, 3.63) is 18.0 Å². The largest absolute Gasteiger partial charge is 0.269 e. The Morgan fingerprint density at radius 2 is 2.36 bits per heavy atom. The quantitative estimate of drug-likeness (QED) is 0.552. The lowest BCUT2D eigenvalue weighted by atomic mass is 9.82. The first-order valence-corrected chi connectivity index (χ1v) is 4.22. The van der Waals surface area contributed by atoms with Crippen LogP contribution in [0.2, 0.25) is 0 Å². The van der Waals surface area contributed by atoms with Crippen LogP contribution in [0.3, 0.4) is 0 Å². The highest BCUT2D eigenvalue weighted by Crippen LogP contribution is 2.31. The van der Waals surface area contributed by atoms with E-state index in [4.69, 9.17) is 0 Å². The molecule has 60 valence electrons. The number of rotatable bonds is 0. The third-order valence-corrected chi connectivity index (χ3v) is 2.58. The predicted molar refractivity (Wildman–Crippen MR) is 44.5 cm³/mol. The maximum absolute atomic E-state index is 4.27. The van der Waals surface area contributed by atoms with Crippen LogP contribution in [0, 0.1) is 0 Å². The molecule has 1 aromatic heterocycles. The minimum absolute atomic E-state index is 0.342. The molecule has 0 N–H and O–H groups in total. The van der Waals surface area contributed by atoms with Gasteiger partial charge in [-0.15, -0.1) is 0 Å². The van der Waals surface area contributed by atoms with Gasteiger partial charge in [0.05, 0.1) is 0 Å². The van der Waals surface area contributed by atoms with Crippen molar-refractivity contribution in [2.75, 3.05) is 0 Å². The summed E-state index contributed by atoms with van der Waals surface area (Å²) in [5.74, 6) is 0. The van der Waals surface area contributed by atoms with Crippen molar-refractivity contribution in [3.8, 4) is 0 Å². The highest BCUT2D eigenvalue weighted by Gasteiger charge is 2.27. The van der Waals surface area contributed by atoms with Gasteiger partial charge in [-0.1, -0.05) is 13.8 Å². The fourth-order valence-corrected chi connectivity index (χ4v) is 1.88. The summed E-state index contributed by atoms with van der Waals surface area (Å²) in [7, 11) is 0. The summed E-state index contributed by atoms with van der Waals surface area (Å²) in [6, 6.07) is 2.14. The second kappa shape index (κ2) is 2.10. The molecule has 0 aromatic carbocycles. The molecule has 11 heavy (non-hydrogen) atoms. The Bertz CT molecular complexity index is 260. The van der Waals surface area contributed by atoms with E-state index >= 15 is 0 Å². The molecule has 0 fully saturated rings. The fraction of sp³-hybridized carbons (Fsp3) is 0.667. The summed E-state index contributed by atoms with van der Waals surface area (Å²) < 4.78 is 2.13. The van der Waals surface area contributed by atoms with Gasteiger partial charge in [-0.2, -0.15) is 5.10 Å². The molecule has 0 aliphatic carbocycles. The minimum Gasteiger partial charge on any atom is -0.269 e. The van der Waals surface area contributed by atoms with Crippen LogP contribution in [0.15, 0.2) is 12.3 Å². The summed E-state index contributed by atoms with van der Waals surface area (Å²) >= 11 is 0. The molecule has 2 heteroatoms. The Balaban J connectivity index is 2.48. The molecule has 2 heterocycles. The third-order valence-electron chi connectivity index (χ3n) is 2.58. The fourth-order valence-electron chi connectivity index (χ4n) is 1.88. The minimum atomic E-state index is 0.342. The third kappa shape index (κ3) is 0.971. The van der Waals surface area contributed by atoms with E-state index in [-0.39, 0.29) is 0 Å². The SMILES string of the molecule is CC1(C)CCCn2nccc21. The molecule has 0 unspecified atom stereocenters. The van der Waals surface area contributed by atoms with E-state index in [0.717, 1.165) is 6.54 Å². The molecule has 2 nitrogen and oxygen atoms in total. The number of hydrogen-bond acceptors (Lipinski definition) is 1. The summed E-state index contributed by atoms with van der Waals surface area (Å²) in [6.07, 6.45) is 4.46. The molecule has 0 atom stereocenters. The predicted octanol–water partition coefficient (Wildman–Crippen LogP) is 1.95. The second-order valence-corrected chi connectivity index (χ2v) is 3.93. The molecule has 0 saturated heterocycles. The number of fused-ring (bicyclic) bond motifs is 1. The molecule has 0 radical (unpaired) electrons. The van der Waals surface area contributed by atoms with Gasteiger partial charge in [-0.05, 0) is 18.9 Å². The lowest BCUT2D eigenvalue weighted by molar-refractivity contribution is 0.344. The first kappa shape index (κ1) is 6.89. The van der Waals surface area contributed by atoms with Crippen LogP contribution in [-0.2, 0) is 12.0 Å². The van der Waals surface area contributed by atoms with Crippen molar-refractivity contribution in [1.29, 1.82) is 0 Å². The van der Waals surface area contributed by atoms with Crippen molar-refractivity contribution in [2.45, 2.75) is 38.6 Å². The Morgan fingerprint density at radius 1 is 1.55 bits per heavy atom. The first-order chi connectivity index (χ1) is 5.20. The summed E-state index contributed by atoms with van der Waals surface area (Å²) in [5, 5.41) is 4.27. The summed E-state index contributed by atoms with van der Waals surface area (Å²) in [6.45, 7) is 5.69. The maximum Gasteiger partial charge on any atom is 0.0492 e. The highest BCUT2D eigenvalue weighted by molar-refractivity contribution is 5.15.